The fourth-order valence-electron chi connectivity index (χ4n) is 2.17. The molecule has 21 heavy (non-hydrogen) atoms. The summed E-state index contributed by atoms with van der Waals surface area (Å²) in [5, 5.41) is 1.53. The van der Waals surface area contributed by atoms with Crippen molar-refractivity contribution in [3.05, 3.63) is 15.6 Å². The van der Waals surface area contributed by atoms with Crippen LogP contribution in [-0.4, -0.2) is 26.5 Å². The van der Waals surface area contributed by atoms with Crippen molar-refractivity contribution in [3.8, 4) is 0 Å². The van der Waals surface area contributed by atoms with Gasteiger partial charge in [0.1, 0.15) is 0 Å². The smallest absolute Gasteiger partial charge is 0.192 e. The van der Waals surface area contributed by atoms with Gasteiger partial charge in [0, 0.05) is 24.0 Å². The van der Waals surface area contributed by atoms with Crippen LogP contribution in [0.25, 0.3) is 0 Å². The van der Waals surface area contributed by atoms with Gasteiger partial charge in [-0.25, -0.2) is 4.98 Å². The zero-order valence-electron chi connectivity index (χ0n) is 14.3. The van der Waals surface area contributed by atoms with Crippen LogP contribution >= 0.6 is 11.3 Å². The molecule has 0 spiro atoms. The first-order valence-electron chi connectivity index (χ1n) is 7.88. The second kappa shape index (κ2) is 6.48. The van der Waals surface area contributed by atoms with Crippen molar-refractivity contribution in [2.24, 2.45) is 0 Å². The summed E-state index contributed by atoms with van der Waals surface area (Å²) in [5.41, 5.74) is 1.14. The largest absolute Gasteiger partial charge is 0.411 e. The van der Waals surface area contributed by atoms with E-state index in [1.807, 2.05) is 11.3 Å². The molecule has 1 saturated heterocycles. The highest BCUT2D eigenvalue weighted by molar-refractivity contribution is 7.11. The molecular weight excluding hydrogens is 298 g/mol. The van der Waals surface area contributed by atoms with Crippen LogP contribution in [0.4, 0.5) is 0 Å². The number of rotatable bonds is 4. The Labute approximate surface area is 134 Å². The zero-order chi connectivity index (χ0) is 15.7. The van der Waals surface area contributed by atoms with Crippen LogP contribution in [0, 0.1) is 6.92 Å². The van der Waals surface area contributed by atoms with Crippen LogP contribution < -0.4 is 0 Å². The molecule has 0 amide bonds. The molecule has 0 atom stereocenters. The van der Waals surface area contributed by atoms with E-state index in [1.54, 1.807) is 0 Å². The van der Waals surface area contributed by atoms with Crippen LogP contribution in [0.15, 0.2) is 0 Å². The number of nitrogens with zero attached hydrogens (tertiary/aromatic N) is 1. The highest BCUT2D eigenvalue weighted by atomic mass is 32.1. The second-order valence-electron chi connectivity index (χ2n) is 7.49. The Kier molecular flexibility index (Phi) is 5.29. The van der Waals surface area contributed by atoms with E-state index in [9.17, 15) is 0 Å². The van der Waals surface area contributed by atoms with Gasteiger partial charge >= 0.3 is 0 Å². The van der Waals surface area contributed by atoms with Crippen molar-refractivity contribution in [1.29, 1.82) is 0 Å². The average molecular weight is 328 g/mol. The predicted octanol–water partition coefficient (Wildman–Crippen LogP) is 4.87. The maximum atomic E-state index is 6.32. The molecule has 3 nitrogen and oxygen atoms in total. The summed E-state index contributed by atoms with van der Waals surface area (Å²) in [6, 6.07) is 0. The molecule has 120 valence electrons. The second-order valence-corrected chi connectivity index (χ2v) is 13.5. The first-order valence-corrected chi connectivity index (χ1v) is 11.6. The molecule has 1 aliphatic rings. The normalized spacial score (nSPS) is 18.2. The molecule has 1 aliphatic heterocycles. The molecule has 2 heterocycles. The third kappa shape index (κ3) is 4.15. The molecule has 1 fully saturated rings. The summed E-state index contributed by atoms with van der Waals surface area (Å²) in [6.07, 6.45) is 2.21. The van der Waals surface area contributed by atoms with E-state index in [0.29, 0.717) is 12.5 Å². The Morgan fingerprint density at radius 1 is 1.29 bits per heavy atom. The van der Waals surface area contributed by atoms with Gasteiger partial charge in [0.05, 0.1) is 17.3 Å². The Balaban J connectivity index is 2.03. The van der Waals surface area contributed by atoms with E-state index in [2.05, 4.69) is 40.8 Å². The minimum absolute atomic E-state index is 0.250. The van der Waals surface area contributed by atoms with Crippen LogP contribution in [-0.2, 0) is 15.8 Å². The molecule has 0 aromatic carbocycles. The SMILES string of the molecule is Cc1sc(C2CCOCC2)nc1CO[Si](C)(C)C(C)(C)C. The molecule has 0 bridgehead atoms. The zero-order valence-corrected chi connectivity index (χ0v) is 16.1. The number of aryl methyl sites for hydroxylation is 1. The topological polar surface area (TPSA) is 31.4 Å². The average Bonchev–Trinajstić information content (AvgIpc) is 2.78. The molecule has 2 rings (SSSR count). The van der Waals surface area contributed by atoms with Gasteiger partial charge in [-0.05, 0) is 37.9 Å². The lowest BCUT2D eigenvalue weighted by Crippen LogP contribution is -2.40. The molecule has 0 saturated carbocycles. The molecule has 1 aromatic rings. The number of aromatic nitrogens is 1. The summed E-state index contributed by atoms with van der Waals surface area (Å²) in [4.78, 5) is 6.19. The number of ether oxygens (including phenoxy) is 1. The highest BCUT2D eigenvalue weighted by Crippen LogP contribution is 2.38. The molecule has 0 N–H and O–H groups in total. The lowest BCUT2D eigenvalue weighted by Gasteiger charge is -2.36. The molecule has 5 heteroatoms. The predicted molar refractivity (Wildman–Crippen MR) is 91.6 cm³/mol. The first-order chi connectivity index (χ1) is 9.71. The van der Waals surface area contributed by atoms with E-state index in [0.717, 1.165) is 31.7 Å². The standard InChI is InChI=1S/C16H29NO2SSi/c1-12-14(11-19-21(5,6)16(2,3)4)17-15(20-12)13-7-9-18-10-8-13/h13H,7-11H2,1-6H3. The van der Waals surface area contributed by atoms with Gasteiger partial charge in [0.2, 0.25) is 0 Å². The van der Waals surface area contributed by atoms with E-state index in [4.69, 9.17) is 14.1 Å². The molecule has 0 aliphatic carbocycles. The lowest BCUT2D eigenvalue weighted by atomic mass is 10.0. The van der Waals surface area contributed by atoms with Crippen LogP contribution in [0.5, 0.6) is 0 Å². The number of hydrogen-bond acceptors (Lipinski definition) is 4. The van der Waals surface area contributed by atoms with E-state index in [-0.39, 0.29) is 5.04 Å². The van der Waals surface area contributed by atoms with Crippen molar-refractivity contribution in [2.45, 2.75) is 71.2 Å². The van der Waals surface area contributed by atoms with Crippen molar-refractivity contribution in [3.63, 3.8) is 0 Å². The van der Waals surface area contributed by atoms with Crippen LogP contribution in [0.2, 0.25) is 18.1 Å². The third-order valence-corrected chi connectivity index (χ3v) is 10.5. The Morgan fingerprint density at radius 2 is 1.90 bits per heavy atom. The maximum absolute atomic E-state index is 6.32. The molecular formula is C16H29NO2SSi. The molecule has 0 radical (unpaired) electrons. The summed E-state index contributed by atoms with van der Waals surface area (Å²) >= 11 is 1.85. The van der Waals surface area contributed by atoms with Crippen molar-refractivity contribution in [2.75, 3.05) is 13.2 Å². The van der Waals surface area contributed by atoms with Crippen LogP contribution in [0.3, 0.4) is 0 Å². The number of hydrogen-bond donors (Lipinski definition) is 0. The molecule has 0 unspecified atom stereocenters. The summed E-state index contributed by atoms with van der Waals surface area (Å²) in [5.74, 6) is 0.587. The van der Waals surface area contributed by atoms with Crippen LogP contribution in [0.1, 0.15) is 55.1 Å². The highest BCUT2D eigenvalue weighted by Gasteiger charge is 2.37. The van der Waals surface area contributed by atoms with E-state index < -0.39 is 8.32 Å². The van der Waals surface area contributed by atoms with Gasteiger partial charge in [-0.2, -0.15) is 0 Å². The maximum Gasteiger partial charge on any atom is 0.192 e. The summed E-state index contributed by atoms with van der Waals surface area (Å²) < 4.78 is 11.8. The van der Waals surface area contributed by atoms with E-state index in [1.165, 1.54) is 9.88 Å². The van der Waals surface area contributed by atoms with Crippen molar-refractivity contribution >= 4 is 19.7 Å². The van der Waals surface area contributed by atoms with Gasteiger partial charge in [-0.1, -0.05) is 20.8 Å². The van der Waals surface area contributed by atoms with Gasteiger partial charge in [0.25, 0.3) is 0 Å². The monoisotopic (exact) mass is 327 g/mol. The number of thiazole rings is 1. The molecule has 1 aromatic heterocycles. The third-order valence-electron chi connectivity index (χ3n) is 4.86. The Bertz CT molecular complexity index is 473. The Morgan fingerprint density at radius 3 is 2.48 bits per heavy atom. The minimum Gasteiger partial charge on any atom is -0.411 e. The van der Waals surface area contributed by atoms with Gasteiger partial charge in [-0.3, -0.25) is 0 Å². The minimum atomic E-state index is -1.70. The lowest BCUT2D eigenvalue weighted by molar-refractivity contribution is 0.0852. The Hall–Kier alpha value is -0.233. The van der Waals surface area contributed by atoms with Gasteiger partial charge in [0.15, 0.2) is 8.32 Å². The summed E-state index contributed by atoms with van der Waals surface area (Å²) in [6.45, 7) is 16.0. The van der Waals surface area contributed by atoms with Gasteiger partial charge < -0.3 is 9.16 Å². The first kappa shape index (κ1) is 17.1. The fraction of sp³-hybridized carbons (Fsp3) is 0.812. The quantitative estimate of drug-likeness (QED) is 0.740. The van der Waals surface area contributed by atoms with Gasteiger partial charge in [-0.15, -0.1) is 11.3 Å². The van der Waals surface area contributed by atoms with Crippen molar-refractivity contribution < 1.29 is 9.16 Å². The van der Waals surface area contributed by atoms with E-state index >= 15 is 0 Å². The van der Waals surface area contributed by atoms with Crippen molar-refractivity contribution in [1.82, 2.24) is 4.98 Å². The summed E-state index contributed by atoms with van der Waals surface area (Å²) in [7, 11) is -1.70. The fourth-order valence-corrected chi connectivity index (χ4v) is 4.19.